The Labute approximate surface area is 266 Å². The van der Waals surface area contributed by atoms with Gasteiger partial charge in [0.15, 0.2) is 0 Å². The predicted molar refractivity (Wildman–Crippen MR) is 175 cm³/mol. The van der Waals surface area contributed by atoms with Crippen LogP contribution < -0.4 is 4.90 Å². The van der Waals surface area contributed by atoms with Crippen LogP contribution in [0.25, 0.3) is 0 Å². The molecule has 8 nitrogen and oxygen atoms in total. The number of carbonyl (C=O) groups is 3. The molecule has 0 N–H and O–H groups in total. The minimum atomic E-state index is -0.501. The van der Waals surface area contributed by atoms with Gasteiger partial charge < -0.3 is 9.64 Å². The average Bonchev–Trinajstić information content (AvgIpc) is 3.28. The first kappa shape index (κ1) is 34.4. The van der Waals surface area contributed by atoms with E-state index in [9.17, 15) is 14.4 Å². The van der Waals surface area contributed by atoms with E-state index in [1.807, 2.05) is 24.4 Å². The fraction of sp³-hybridized carbons (Fsp3) is 0.778. The maximum absolute atomic E-state index is 13.2. The number of anilines is 1. The molecule has 4 rings (SSSR count). The number of rotatable bonds is 20. The molecule has 1 saturated carbocycles. The minimum Gasteiger partial charge on any atom is -0.459 e. The zero-order chi connectivity index (χ0) is 31.0. The Morgan fingerprint density at radius 2 is 1.36 bits per heavy atom. The third-order valence-corrected chi connectivity index (χ3v) is 9.91. The molecule has 1 aromatic heterocycles. The zero-order valence-electron chi connectivity index (χ0n) is 27.4. The van der Waals surface area contributed by atoms with E-state index in [2.05, 4.69) is 21.7 Å². The summed E-state index contributed by atoms with van der Waals surface area (Å²) in [6.07, 6.45) is 21.7. The van der Waals surface area contributed by atoms with E-state index in [0.29, 0.717) is 13.0 Å². The molecule has 1 aliphatic carbocycles. The number of nitrogens with zero attached hydrogens (tertiary/aromatic N) is 4. The predicted octanol–water partition coefficient (Wildman–Crippen LogP) is 6.77. The molecule has 0 bridgehead atoms. The lowest BCUT2D eigenvalue weighted by molar-refractivity contribution is -0.155. The lowest BCUT2D eigenvalue weighted by Gasteiger charge is -2.37. The van der Waals surface area contributed by atoms with Crippen LogP contribution in [0.3, 0.4) is 0 Å². The monoisotopic (exact) mass is 610 g/mol. The van der Waals surface area contributed by atoms with Crippen LogP contribution in [0.15, 0.2) is 24.4 Å². The first-order valence-corrected chi connectivity index (χ1v) is 18.0. The summed E-state index contributed by atoms with van der Waals surface area (Å²) in [6, 6.07) is 5.96. The van der Waals surface area contributed by atoms with E-state index in [1.165, 1.54) is 69.1 Å². The molecule has 2 aliphatic heterocycles. The van der Waals surface area contributed by atoms with Crippen LogP contribution in [-0.2, 0) is 19.1 Å². The number of fused-ring (bicyclic) bond motifs is 1. The second kappa shape index (κ2) is 19.1. The van der Waals surface area contributed by atoms with Crippen molar-refractivity contribution in [1.29, 1.82) is 0 Å². The molecule has 2 saturated heterocycles. The van der Waals surface area contributed by atoms with Crippen LogP contribution in [0, 0.1) is 11.8 Å². The molecule has 3 fully saturated rings. The number of piperazine rings is 1. The molecular weight excluding hydrogens is 552 g/mol. The first-order chi connectivity index (χ1) is 21.6. The van der Waals surface area contributed by atoms with Crippen LogP contribution in [0.2, 0.25) is 0 Å². The highest BCUT2D eigenvalue weighted by atomic mass is 16.5. The number of pyridine rings is 1. The number of aromatic nitrogens is 1. The van der Waals surface area contributed by atoms with E-state index in [4.69, 9.17) is 4.74 Å². The number of amides is 2. The molecular formula is C36H58N4O4. The molecule has 2 amide bonds. The number of hydrogen-bond donors (Lipinski definition) is 0. The number of ether oxygens (including phenoxy) is 1. The zero-order valence-corrected chi connectivity index (χ0v) is 27.4. The Bertz CT molecular complexity index is 973. The SMILES string of the molecule is CCCCCCCCCCCCCCCC(=O)OC(CN1CCN(c2ccccn2)CC1)CN1C(=O)[C@H]2CCCC[C@H]2C1=O. The quantitative estimate of drug-likeness (QED) is 0.0915. The topological polar surface area (TPSA) is 83.1 Å². The average molecular weight is 611 g/mol. The summed E-state index contributed by atoms with van der Waals surface area (Å²) in [7, 11) is 0. The summed E-state index contributed by atoms with van der Waals surface area (Å²) < 4.78 is 6.03. The Kier molecular flexibility index (Phi) is 15.0. The van der Waals surface area contributed by atoms with Gasteiger partial charge in [-0.1, -0.05) is 103 Å². The van der Waals surface area contributed by atoms with Crippen molar-refractivity contribution in [3.05, 3.63) is 24.4 Å². The van der Waals surface area contributed by atoms with Gasteiger partial charge in [-0.25, -0.2) is 4.98 Å². The van der Waals surface area contributed by atoms with Gasteiger partial charge in [0.2, 0.25) is 11.8 Å². The van der Waals surface area contributed by atoms with Crippen LogP contribution in [0.4, 0.5) is 5.82 Å². The number of imide groups is 1. The summed E-state index contributed by atoms with van der Waals surface area (Å²) in [5.41, 5.74) is 0. The van der Waals surface area contributed by atoms with Gasteiger partial charge in [-0.15, -0.1) is 0 Å². The van der Waals surface area contributed by atoms with E-state index in [1.54, 1.807) is 0 Å². The van der Waals surface area contributed by atoms with E-state index >= 15 is 0 Å². The second-order valence-corrected chi connectivity index (χ2v) is 13.4. The van der Waals surface area contributed by atoms with Crippen LogP contribution in [-0.4, -0.2) is 77.9 Å². The Hall–Kier alpha value is -2.48. The minimum absolute atomic E-state index is 0.0581. The van der Waals surface area contributed by atoms with Gasteiger partial charge in [0.05, 0.1) is 18.4 Å². The number of hydrogen-bond acceptors (Lipinski definition) is 7. The van der Waals surface area contributed by atoms with E-state index in [-0.39, 0.29) is 36.2 Å². The third-order valence-electron chi connectivity index (χ3n) is 9.91. The molecule has 0 spiro atoms. The van der Waals surface area contributed by atoms with Gasteiger partial charge in [-0.05, 0) is 31.4 Å². The summed E-state index contributed by atoms with van der Waals surface area (Å²) in [4.78, 5) is 49.9. The molecule has 1 aromatic rings. The highest BCUT2D eigenvalue weighted by Crippen LogP contribution is 2.38. The van der Waals surface area contributed by atoms with Gasteiger partial charge >= 0.3 is 5.97 Å². The molecule has 1 unspecified atom stereocenters. The fourth-order valence-electron chi connectivity index (χ4n) is 7.27. The Morgan fingerprint density at radius 1 is 0.795 bits per heavy atom. The van der Waals surface area contributed by atoms with E-state index in [0.717, 1.165) is 76.9 Å². The summed E-state index contributed by atoms with van der Waals surface area (Å²) in [5.74, 6) is 0.292. The summed E-state index contributed by atoms with van der Waals surface area (Å²) in [5, 5.41) is 0. The lowest BCUT2D eigenvalue weighted by atomic mass is 9.81. The van der Waals surface area contributed by atoms with Crippen molar-refractivity contribution in [3.8, 4) is 0 Å². The van der Waals surface area contributed by atoms with Crippen LogP contribution in [0.1, 0.15) is 122 Å². The molecule has 3 heterocycles. The maximum atomic E-state index is 13.2. The van der Waals surface area contributed by atoms with Gasteiger partial charge in [0.25, 0.3) is 0 Å². The van der Waals surface area contributed by atoms with Crippen molar-refractivity contribution >= 4 is 23.6 Å². The molecule has 8 heteroatoms. The van der Waals surface area contributed by atoms with Crippen LogP contribution >= 0.6 is 0 Å². The van der Waals surface area contributed by atoms with E-state index < -0.39 is 6.10 Å². The van der Waals surface area contributed by atoms with Crippen molar-refractivity contribution in [1.82, 2.24) is 14.8 Å². The lowest BCUT2D eigenvalue weighted by Crippen LogP contribution is -2.51. The molecule has 44 heavy (non-hydrogen) atoms. The second-order valence-electron chi connectivity index (χ2n) is 13.4. The third kappa shape index (κ3) is 10.8. The number of likely N-dealkylation sites (tertiary alicyclic amines) is 1. The Balaban J connectivity index is 1.18. The molecule has 246 valence electrons. The number of carbonyl (C=O) groups excluding carboxylic acids is 3. The highest BCUT2D eigenvalue weighted by molar-refractivity contribution is 6.05. The number of esters is 1. The molecule has 0 aromatic carbocycles. The maximum Gasteiger partial charge on any atom is 0.306 e. The smallest absolute Gasteiger partial charge is 0.306 e. The van der Waals surface area contributed by atoms with Gasteiger partial charge in [0.1, 0.15) is 11.9 Å². The fourth-order valence-corrected chi connectivity index (χ4v) is 7.27. The molecule has 0 radical (unpaired) electrons. The highest BCUT2D eigenvalue weighted by Gasteiger charge is 2.48. The normalized spacial score (nSPS) is 21.5. The van der Waals surface area contributed by atoms with Crippen LogP contribution in [0.5, 0.6) is 0 Å². The largest absolute Gasteiger partial charge is 0.459 e. The molecule has 3 atom stereocenters. The van der Waals surface area contributed by atoms with Crippen molar-refractivity contribution in [2.75, 3.05) is 44.2 Å². The standard InChI is InChI=1S/C36H58N4O4/c1-2-3-4-5-6-7-8-9-10-11-12-13-14-22-34(41)44-30(29-40-35(42)31-19-15-16-20-32(31)36(40)43)28-38-24-26-39(27-25-38)33-21-17-18-23-37-33/h17-18,21,23,30-32H,2-16,19-20,22,24-29H2,1H3/t30?,31-,32+. The summed E-state index contributed by atoms with van der Waals surface area (Å²) >= 11 is 0. The van der Waals surface area contributed by atoms with Gasteiger partial charge in [-0.3, -0.25) is 24.2 Å². The van der Waals surface area contributed by atoms with Gasteiger partial charge in [-0.2, -0.15) is 0 Å². The van der Waals surface area contributed by atoms with Crippen molar-refractivity contribution < 1.29 is 19.1 Å². The first-order valence-electron chi connectivity index (χ1n) is 18.0. The van der Waals surface area contributed by atoms with Gasteiger partial charge in [0, 0.05) is 45.3 Å². The number of unbranched alkanes of at least 4 members (excludes halogenated alkanes) is 12. The summed E-state index contributed by atoms with van der Waals surface area (Å²) in [6.45, 7) is 6.28. The Morgan fingerprint density at radius 3 is 1.91 bits per heavy atom. The molecule has 3 aliphatic rings. The van der Waals surface area contributed by atoms with Crippen molar-refractivity contribution in [2.24, 2.45) is 11.8 Å². The van der Waals surface area contributed by atoms with Crippen molar-refractivity contribution in [3.63, 3.8) is 0 Å². The van der Waals surface area contributed by atoms with Crippen molar-refractivity contribution in [2.45, 2.75) is 129 Å².